The molecule has 2 N–H and O–H groups in total. The standard InChI is InChI=1S/C44H51N9O6S/c54-39-12-11-38(42(56)47-39)52-25-29-22-32(9-10-37(29)43(52)57)50-26-33(27-50)49-18-16-34(17-19-49)59-35-6-3-7-36(23-35)60(58)51-20-14-30(15-21-51)46-44-45-24-28-8-13-40(55)53(41(28)48-44)31-4-1-2-5-31/h3,6-10,13,22-24,30-31,33-34,38H,1-2,4-5,11-12,14-21,25-27H2,(H,45,46,48)(H,47,54,56). The van der Waals surface area contributed by atoms with Crippen LogP contribution in [0, 0.1) is 0 Å². The minimum atomic E-state index is -1.31. The number of likely N-dealkylation sites (tertiary alicyclic amines) is 1. The fraction of sp³-hybridized carbons (Fsp3) is 0.500. The molecule has 0 bridgehead atoms. The highest BCUT2D eigenvalue weighted by Gasteiger charge is 2.40. The van der Waals surface area contributed by atoms with Gasteiger partial charge in [0.2, 0.25) is 17.8 Å². The van der Waals surface area contributed by atoms with Gasteiger partial charge in [-0.3, -0.25) is 34.0 Å². The van der Waals surface area contributed by atoms with Crippen molar-refractivity contribution in [1.82, 2.24) is 34.0 Å². The summed E-state index contributed by atoms with van der Waals surface area (Å²) in [5.41, 5.74) is 3.33. The second kappa shape index (κ2) is 16.3. The number of nitrogens with one attached hydrogen (secondary N) is 2. The molecule has 1 saturated carbocycles. The Bertz CT molecular complexity index is 2400. The number of fused-ring (bicyclic) bond motifs is 2. The zero-order valence-corrected chi connectivity index (χ0v) is 34.5. The number of carbonyl (C=O) groups is 3. The van der Waals surface area contributed by atoms with Crippen molar-refractivity contribution in [2.75, 3.05) is 49.5 Å². The van der Waals surface area contributed by atoms with Gasteiger partial charge < -0.3 is 19.9 Å². The van der Waals surface area contributed by atoms with Crippen LogP contribution in [-0.4, -0.2) is 114 Å². The van der Waals surface area contributed by atoms with Gasteiger partial charge in [0.25, 0.3) is 11.5 Å². The van der Waals surface area contributed by atoms with Crippen LogP contribution in [0.1, 0.15) is 86.2 Å². The van der Waals surface area contributed by atoms with E-state index in [1.54, 1.807) is 23.2 Å². The van der Waals surface area contributed by atoms with Crippen molar-refractivity contribution in [2.24, 2.45) is 0 Å². The second-order valence-corrected chi connectivity index (χ2v) is 18.7. The van der Waals surface area contributed by atoms with E-state index in [-0.39, 0.29) is 42.0 Å². The first-order valence-corrected chi connectivity index (χ1v) is 22.7. The molecule has 4 aromatic rings. The number of anilines is 2. The highest BCUT2D eigenvalue weighted by molar-refractivity contribution is 7.82. The van der Waals surface area contributed by atoms with Crippen LogP contribution in [0.4, 0.5) is 11.6 Å². The molecule has 5 fully saturated rings. The van der Waals surface area contributed by atoms with Crippen LogP contribution >= 0.6 is 0 Å². The van der Waals surface area contributed by atoms with Crippen LogP contribution in [0.5, 0.6) is 5.75 Å². The Morgan fingerprint density at radius 2 is 1.63 bits per heavy atom. The molecule has 10 rings (SSSR count). The van der Waals surface area contributed by atoms with Crippen LogP contribution in [0.25, 0.3) is 11.0 Å². The fourth-order valence-corrected chi connectivity index (χ4v) is 11.2. The van der Waals surface area contributed by atoms with Crippen LogP contribution in [-0.2, 0) is 27.1 Å². The van der Waals surface area contributed by atoms with Crippen molar-refractivity contribution >= 4 is 51.4 Å². The molecule has 2 aromatic heterocycles. The van der Waals surface area contributed by atoms with E-state index < -0.39 is 22.9 Å². The predicted octanol–water partition coefficient (Wildman–Crippen LogP) is 4.00. The molecule has 4 saturated heterocycles. The highest BCUT2D eigenvalue weighted by Crippen LogP contribution is 2.34. The largest absolute Gasteiger partial charge is 0.490 e. The Kier molecular flexibility index (Phi) is 10.6. The summed E-state index contributed by atoms with van der Waals surface area (Å²) in [6.45, 7) is 5.44. The molecule has 3 amide bonds. The molecule has 5 aliphatic heterocycles. The zero-order chi connectivity index (χ0) is 40.9. The Morgan fingerprint density at radius 3 is 2.42 bits per heavy atom. The SMILES string of the molecule is O=C1CCC(N2Cc3cc(N4CC(N5CCC(Oc6cccc(S(=O)N7CCC(Nc8ncc9ccc(=O)n(C%10CCCC%10)c9n8)CC7)c6)CC5)C4)ccc3C2=O)C(=O)N1. The van der Waals surface area contributed by atoms with Gasteiger partial charge in [0.15, 0.2) is 0 Å². The maximum atomic E-state index is 13.8. The number of imide groups is 1. The number of benzene rings is 2. The van der Waals surface area contributed by atoms with E-state index in [2.05, 4.69) is 31.5 Å². The number of aromatic nitrogens is 3. The van der Waals surface area contributed by atoms with Gasteiger partial charge in [-0.05, 0) is 93.0 Å². The molecule has 1 aliphatic carbocycles. The van der Waals surface area contributed by atoms with E-state index in [4.69, 9.17) is 9.72 Å². The average molecular weight is 834 g/mol. The van der Waals surface area contributed by atoms with Crippen LogP contribution in [0.2, 0.25) is 0 Å². The molecule has 2 atom stereocenters. The molecule has 60 heavy (non-hydrogen) atoms. The van der Waals surface area contributed by atoms with Gasteiger partial charge >= 0.3 is 0 Å². The summed E-state index contributed by atoms with van der Waals surface area (Å²) in [6.07, 6.45) is 10.2. The Morgan fingerprint density at radius 1 is 0.833 bits per heavy atom. The molecule has 7 heterocycles. The summed E-state index contributed by atoms with van der Waals surface area (Å²) >= 11 is 0. The minimum absolute atomic E-state index is 0.00836. The average Bonchev–Trinajstić information content (AvgIpc) is 3.89. The lowest BCUT2D eigenvalue weighted by Crippen LogP contribution is -2.61. The van der Waals surface area contributed by atoms with Gasteiger partial charge in [-0.25, -0.2) is 13.5 Å². The zero-order valence-electron chi connectivity index (χ0n) is 33.7. The fourth-order valence-electron chi connectivity index (χ4n) is 9.98. The summed E-state index contributed by atoms with van der Waals surface area (Å²) in [6, 6.07) is 17.3. The lowest BCUT2D eigenvalue weighted by Gasteiger charge is -2.48. The number of rotatable bonds is 10. The summed E-state index contributed by atoms with van der Waals surface area (Å²) in [5.74, 6) is 0.458. The van der Waals surface area contributed by atoms with E-state index in [1.165, 1.54) is 0 Å². The number of pyridine rings is 1. The number of hydrogen-bond donors (Lipinski definition) is 2. The third-order valence-electron chi connectivity index (χ3n) is 13.4. The van der Waals surface area contributed by atoms with E-state index >= 15 is 0 Å². The third kappa shape index (κ3) is 7.69. The van der Waals surface area contributed by atoms with E-state index in [0.717, 1.165) is 105 Å². The first-order valence-electron chi connectivity index (χ1n) is 21.6. The van der Waals surface area contributed by atoms with Gasteiger partial charge in [0.05, 0.1) is 4.90 Å². The van der Waals surface area contributed by atoms with E-state index in [1.807, 2.05) is 45.3 Å². The number of hydrogen-bond acceptors (Lipinski definition) is 11. The number of nitrogens with zero attached hydrogens (tertiary/aromatic N) is 7. The number of ether oxygens (including phenoxy) is 1. The van der Waals surface area contributed by atoms with Crippen molar-refractivity contribution in [3.05, 3.63) is 82.3 Å². The molecule has 2 aromatic carbocycles. The molecule has 15 nitrogen and oxygen atoms in total. The summed E-state index contributed by atoms with van der Waals surface area (Å²) in [4.78, 5) is 66.7. The molecule has 0 radical (unpaired) electrons. The van der Waals surface area contributed by atoms with Gasteiger partial charge in [-0.2, -0.15) is 4.98 Å². The van der Waals surface area contributed by atoms with Gasteiger partial charge in [-0.15, -0.1) is 0 Å². The van der Waals surface area contributed by atoms with Crippen molar-refractivity contribution in [3.8, 4) is 5.75 Å². The predicted molar refractivity (Wildman–Crippen MR) is 226 cm³/mol. The summed E-state index contributed by atoms with van der Waals surface area (Å²) in [5, 5.41) is 6.73. The lowest BCUT2D eigenvalue weighted by atomic mass is 9.99. The number of amides is 3. The molecule has 2 unspecified atom stereocenters. The monoisotopic (exact) mass is 833 g/mol. The lowest BCUT2D eigenvalue weighted by molar-refractivity contribution is -0.136. The first kappa shape index (κ1) is 39.0. The third-order valence-corrected chi connectivity index (χ3v) is 14.9. The van der Waals surface area contributed by atoms with Crippen molar-refractivity contribution in [2.45, 2.75) is 106 Å². The quantitative estimate of drug-likeness (QED) is 0.222. The van der Waals surface area contributed by atoms with E-state index in [9.17, 15) is 23.4 Å². The second-order valence-electron chi connectivity index (χ2n) is 17.2. The topological polar surface area (TPSA) is 162 Å². The summed E-state index contributed by atoms with van der Waals surface area (Å²) in [7, 11) is -1.31. The van der Waals surface area contributed by atoms with Crippen molar-refractivity contribution < 1.29 is 23.3 Å². The van der Waals surface area contributed by atoms with Gasteiger partial charge in [0.1, 0.15) is 34.5 Å². The van der Waals surface area contributed by atoms with Gasteiger partial charge in [0, 0.05) is 99.3 Å². The smallest absolute Gasteiger partial charge is 0.255 e. The molecule has 6 aliphatic rings. The van der Waals surface area contributed by atoms with Crippen LogP contribution in [0.15, 0.2) is 70.5 Å². The molecule has 314 valence electrons. The minimum Gasteiger partial charge on any atom is -0.490 e. The number of carbonyl (C=O) groups excluding carboxylic acids is 3. The maximum absolute atomic E-state index is 13.8. The maximum Gasteiger partial charge on any atom is 0.255 e. The van der Waals surface area contributed by atoms with Crippen molar-refractivity contribution in [3.63, 3.8) is 0 Å². The molecule has 16 heteroatoms. The van der Waals surface area contributed by atoms with Crippen molar-refractivity contribution in [1.29, 1.82) is 0 Å². The Labute approximate surface area is 351 Å². The van der Waals surface area contributed by atoms with Crippen LogP contribution in [0.3, 0.4) is 0 Å². The summed E-state index contributed by atoms with van der Waals surface area (Å²) < 4.78 is 24.1. The molecular weight excluding hydrogens is 783 g/mol. The molecule has 0 spiro atoms. The Balaban J connectivity index is 0.680. The number of piperidine rings is 3. The molecular formula is C44H51N9O6S. The van der Waals surface area contributed by atoms with Gasteiger partial charge in [-0.1, -0.05) is 18.9 Å². The van der Waals surface area contributed by atoms with E-state index in [0.29, 0.717) is 49.3 Å². The normalized spacial score (nSPS) is 23.2. The first-order chi connectivity index (χ1) is 29.2. The van der Waals surface area contributed by atoms with Crippen LogP contribution < -0.4 is 25.8 Å². The Hall–Kier alpha value is -5.19. The highest BCUT2D eigenvalue weighted by atomic mass is 32.2.